The molecule has 1 N–H and O–H groups in total. The van der Waals surface area contributed by atoms with E-state index in [1.807, 2.05) is 0 Å². The molecule has 2 aromatic rings. The van der Waals surface area contributed by atoms with E-state index in [0.717, 1.165) is 11.9 Å². The molecule has 7 nitrogen and oxygen atoms in total. The zero-order chi connectivity index (χ0) is 12.8. The third-order valence-corrected chi connectivity index (χ3v) is 1.83. The fourth-order valence-corrected chi connectivity index (χ4v) is 1.04. The first-order valence-electron chi connectivity index (χ1n) is 4.74. The van der Waals surface area contributed by atoms with Crippen molar-refractivity contribution in [3.63, 3.8) is 0 Å². The fourth-order valence-electron chi connectivity index (χ4n) is 1.04. The summed E-state index contributed by atoms with van der Waals surface area (Å²) < 4.78 is 0. The van der Waals surface area contributed by atoms with Crippen molar-refractivity contribution in [2.24, 2.45) is 0 Å². The second kappa shape index (κ2) is 5.59. The Kier molecular flexibility index (Phi) is 4.15. The summed E-state index contributed by atoms with van der Waals surface area (Å²) in [6.45, 7) is 0. The molecule has 1 aromatic heterocycles. The van der Waals surface area contributed by atoms with Crippen molar-refractivity contribution >= 4 is 23.1 Å². The van der Waals surface area contributed by atoms with Gasteiger partial charge in [0.05, 0.1) is 22.3 Å². The molecule has 0 aliphatic heterocycles. The number of fused-ring (bicyclic) bond motifs is 1. The number of nitro groups is 1. The second-order valence-corrected chi connectivity index (χ2v) is 3.43. The Morgan fingerprint density at radius 3 is 2.65 bits per heavy atom. The molecule has 2 rings (SSSR count). The topological polar surface area (TPSA) is 92.1 Å². The zero-order valence-electron chi connectivity index (χ0n) is 9.45. The van der Waals surface area contributed by atoms with Crippen LogP contribution in [0.25, 0.3) is 11.0 Å². The molecule has 17 heavy (non-hydrogen) atoms. The van der Waals surface area contributed by atoms with E-state index in [1.165, 1.54) is 23.4 Å². The van der Waals surface area contributed by atoms with Crippen molar-refractivity contribution < 1.29 is 9.72 Å². The first-order chi connectivity index (χ1) is 8.04. The zero-order valence-corrected chi connectivity index (χ0v) is 9.45. The molecule has 1 amide bonds. The lowest BCUT2D eigenvalue weighted by molar-refractivity contribution is -0.384. The number of H-pyrrole nitrogens is 1. The standard InChI is InChI=1S/C7H5N3O2.C3H7NO/c11-10(12)5-1-2-6-7(3-5)9-4-8-6;1-4(2)3-5/h1-4H,(H,8,9);3H,1-2H3. The number of benzene rings is 1. The number of hydrogen-bond donors (Lipinski definition) is 1. The van der Waals surface area contributed by atoms with Crippen LogP contribution in [0.3, 0.4) is 0 Å². The van der Waals surface area contributed by atoms with Gasteiger partial charge in [0.1, 0.15) is 0 Å². The van der Waals surface area contributed by atoms with Gasteiger partial charge in [-0.25, -0.2) is 4.98 Å². The Morgan fingerprint density at radius 1 is 1.47 bits per heavy atom. The molecule has 0 atom stereocenters. The van der Waals surface area contributed by atoms with Gasteiger partial charge in [-0.3, -0.25) is 14.9 Å². The number of rotatable bonds is 2. The number of non-ortho nitro benzene ring substituents is 1. The molecule has 1 aromatic carbocycles. The van der Waals surface area contributed by atoms with Crippen LogP contribution in [-0.2, 0) is 4.79 Å². The number of nitro benzene ring substituents is 1. The Bertz CT molecular complexity index is 521. The molecule has 7 heteroatoms. The minimum absolute atomic E-state index is 0.0757. The summed E-state index contributed by atoms with van der Waals surface area (Å²) in [6, 6.07) is 4.51. The largest absolute Gasteiger partial charge is 0.351 e. The smallest absolute Gasteiger partial charge is 0.271 e. The maximum atomic E-state index is 10.3. The van der Waals surface area contributed by atoms with Crippen LogP contribution in [0, 0.1) is 10.1 Å². The van der Waals surface area contributed by atoms with Crippen molar-refractivity contribution in [2.75, 3.05) is 14.1 Å². The Balaban J connectivity index is 0.000000249. The van der Waals surface area contributed by atoms with Gasteiger partial charge in [-0.2, -0.15) is 0 Å². The monoisotopic (exact) mass is 236 g/mol. The summed E-state index contributed by atoms with van der Waals surface area (Å²) in [7, 11) is 3.38. The van der Waals surface area contributed by atoms with Crippen LogP contribution in [-0.4, -0.2) is 40.3 Å². The third kappa shape index (κ3) is 3.56. The molecule has 90 valence electrons. The van der Waals surface area contributed by atoms with Crippen LogP contribution in [0.15, 0.2) is 24.5 Å². The highest BCUT2D eigenvalue weighted by Gasteiger charge is 2.05. The minimum atomic E-state index is -0.430. The highest BCUT2D eigenvalue weighted by atomic mass is 16.6. The van der Waals surface area contributed by atoms with Crippen molar-refractivity contribution in [1.82, 2.24) is 14.9 Å². The van der Waals surface area contributed by atoms with Crippen molar-refractivity contribution in [3.05, 3.63) is 34.6 Å². The van der Waals surface area contributed by atoms with Gasteiger partial charge in [-0.15, -0.1) is 0 Å². The average Bonchev–Trinajstić information content (AvgIpc) is 2.76. The Morgan fingerprint density at radius 2 is 2.12 bits per heavy atom. The highest BCUT2D eigenvalue weighted by molar-refractivity contribution is 5.76. The third-order valence-electron chi connectivity index (χ3n) is 1.83. The predicted octanol–water partition coefficient (Wildman–Crippen LogP) is 1.18. The van der Waals surface area contributed by atoms with Crippen LogP contribution in [0.2, 0.25) is 0 Å². The van der Waals surface area contributed by atoms with Gasteiger partial charge in [0, 0.05) is 26.2 Å². The Labute approximate surface area is 97.2 Å². The van der Waals surface area contributed by atoms with E-state index >= 15 is 0 Å². The maximum Gasteiger partial charge on any atom is 0.271 e. The number of aromatic amines is 1. The highest BCUT2D eigenvalue weighted by Crippen LogP contribution is 2.16. The number of nitrogens with one attached hydrogen (secondary N) is 1. The van der Waals surface area contributed by atoms with Gasteiger partial charge < -0.3 is 9.88 Å². The molecule has 0 saturated carbocycles. The van der Waals surface area contributed by atoms with Crippen LogP contribution < -0.4 is 0 Å². The van der Waals surface area contributed by atoms with E-state index in [2.05, 4.69) is 9.97 Å². The number of amides is 1. The molecule has 0 unspecified atom stereocenters. The summed E-state index contributed by atoms with van der Waals surface area (Å²) in [5, 5.41) is 10.3. The normalized spacial score (nSPS) is 9.29. The quantitative estimate of drug-likeness (QED) is 0.481. The van der Waals surface area contributed by atoms with E-state index in [-0.39, 0.29) is 5.69 Å². The van der Waals surface area contributed by atoms with E-state index in [9.17, 15) is 14.9 Å². The maximum absolute atomic E-state index is 10.3. The molecular weight excluding hydrogens is 224 g/mol. The van der Waals surface area contributed by atoms with Crippen LogP contribution in [0.4, 0.5) is 5.69 Å². The van der Waals surface area contributed by atoms with Gasteiger partial charge in [0.15, 0.2) is 0 Å². The van der Waals surface area contributed by atoms with Crippen LogP contribution in [0.1, 0.15) is 0 Å². The Hall–Kier alpha value is -2.44. The number of aromatic nitrogens is 2. The lowest BCUT2D eigenvalue weighted by atomic mass is 10.3. The molecular formula is C10H12N4O3. The molecule has 1 heterocycles. The average molecular weight is 236 g/mol. The van der Waals surface area contributed by atoms with E-state index in [0.29, 0.717) is 5.52 Å². The van der Waals surface area contributed by atoms with E-state index in [4.69, 9.17) is 0 Å². The molecule has 0 bridgehead atoms. The molecule has 0 spiro atoms. The SMILES string of the molecule is CN(C)C=O.O=[N+]([O-])c1ccc2nc[nH]c2c1. The number of nitrogens with zero attached hydrogens (tertiary/aromatic N) is 3. The lowest BCUT2D eigenvalue weighted by Gasteiger charge is -1.93. The van der Waals surface area contributed by atoms with Gasteiger partial charge in [0.25, 0.3) is 5.69 Å². The van der Waals surface area contributed by atoms with Gasteiger partial charge in [-0.1, -0.05) is 0 Å². The summed E-state index contributed by atoms with van der Waals surface area (Å²) >= 11 is 0. The number of hydrogen-bond acceptors (Lipinski definition) is 4. The minimum Gasteiger partial charge on any atom is -0.351 e. The van der Waals surface area contributed by atoms with Crippen LogP contribution >= 0.6 is 0 Å². The number of carbonyl (C=O) groups excluding carboxylic acids is 1. The molecule has 0 radical (unpaired) electrons. The fraction of sp³-hybridized carbons (Fsp3) is 0.200. The first kappa shape index (κ1) is 12.6. The number of carbonyl (C=O) groups is 1. The molecule has 0 saturated heterocycles. The lowest BCUT2D eigenvalue weighted by Crippen LogP contribution is -2.06. The molecule has 0 fully saturated rings. The van der Waals surface area contributed by atoms with Gasteiger partial charge in [0.2, 0.25) is 6.41 Å². The van der Waals surface area contributed by atoms with Gasteiger partial charge >= 0.3 is 0 Å². The van der Waals surface area contributed by atoms with Crippen molar-refractivity contribution in [3.8, 4) is 0 Å². The number of imidazole rings is 1. The summed E-state index contributed by atoms with van der Waals surface area (Å²) in [5.41, 5.74) is 1.50. The van der Waals surface area contributed by atoms with Crippen molar-refractivity contribution in [1.29, 1.82) is 0 Å². The van der Waals surface area contributed by atoms with Crippen LogP contribution in [0.5, 0.6) is 0 Å². The van der Waals surface area contributed by atoms with Gasteiger partial charge in [-0.05, 0) is 6.07 Å². The van der Waals surface area contributed by atoms with E-state index < -0.39 is 4.92 Å². The predicted molar refractivity (Wildman–Crippen MR) is 62.5 cm³/mol. The molecule has 0 aliphatic carbocycles. The molecule has 0 aliphatic rings. The summed E-state index contributed by atoms with van der Waals surface area (Å²) in [6.07, 6.45) is 2.26. The second-order valence-electron chi connectivity index (χ2n) is 3.43. The van der Waals surface area contributed by atoms with E-state index in [1.54, 1.807) is 20.2 Å². The summed E-state index contributed by atoms with van der Waals surface area (Å²) in [4.78, 5) is 27.5. The van der Waals surface area contributed by atoms with Crippen molar-refractivity contribution in [2.45, 2.75) is 0 Å². The first-order valence-corrected chi connectivity index (χ1v) is 4.74. The summed E-state index contributed by atoms with van der Waals surface area (Å²) in [5.74, 6) is 0.